The quantitative estimate of drug-likeness (QED) is 0.372. The largest absolute Gasteiger partial charge is 0.471 e. The topological polar surface area (TPSA) is 87.1 Å². The van der Waals surface area contributed by atoms with Gasteiger partial charge in [0, 0.05) is 17.3 Å². The minimum absolute atomic E-state index is 0.00441. The summed E-state index contributed by atoms with van der Waals surface area (Å²) >= 11 is 6.12. The maximum Gasteiger partial charge on any atom is 0.471 e. The molecule has 1 saturated carbocycles. The number of methoxy groups -OCH3 is 1. The number of halogens is 4. The number of nitrogens with zero attached hydrogens (tertiary/aromatic N) is 1. The van der Waals surface area contributed by atoms with Crippen LogP contribution in [0.4, 0.5) is 18.9 Å². The lowest BCUT2D eigenvalue weighted by Crippen LogP contribution is -2.63. The highest BCUT2D eigenvalue weighted by atomic mass is 35.5. The van der Waals surface area contributed by atoms with Crippen molar-refractivity contribution in [2.45, 2.75) is 82.5 Å². The molecule has 224 valence electrons. The predicted molar refractivity (Wildman–Crippen MR) is 150 cm³/mol. The van der Waals surface area contributed by atoms with Gasteiger partial charge in [0.25, 0.3) is 0 Å². The molecule has 2 aliphatic carbocycles. The molecule has 2 N–H and O–H groups in total. The molecule has 3 atom stereocenters. The lowest BCUT2D eigenvalue weighted by molar-refractivity contribution is -0.174. The number of benzene rings is 2. The second-order valence-corrected chi connectivity index (χ2v) is 12.2. The van der Waals surface area contributed by atoms with Gasteiger partial charge in [-0.05, 0) is 110 Å². The Morgan fingerprint density at radius 2 is 1.80 bits per heavy atom. The van der Waals surface area contributed by atoms with E-state index in [1.165, 1.54) is 24.3 Å². The van der Waals surface area contributed by atoms with Gasteiger partial charge in [-0.3, -0.25) is 9.69 Å². The van der Waals surface area contributed by atoms with Gasteiger partial charge in [0.1, 0.15) is 5.54 Å². The first-order valence-corrected chi connectivity index (χ1v) is 14.3. The number of alkyl halides is 3. The molecular formula is C31H37ClF3NO5. The molecule has 41 heavy (non-hydrogen) atoms. The van der Waals surface area contributed by atoms with Crippen molar-refractivity contribution >= 4 is 29.2 Å². The molecule has 0 radical (unpaired) electrons. The van der Waals surface area contributed by atoms with Crippen molar-refractivity contribution in [1.82, 2.24) is 0 Å². The summed E-state index contributed by atoms with van der Waals surface area (Å²) in [7, 11) is 1.11. The summed E-state index contributed by atoms with van der Waals surface area (Å²) in [6.07, 6.45) is -4.10. The van der Waals surface area contributed by atoms with Gasteiger partial charge in [-0.2, -0.15) is 13.2 Å². The van der Waals surface area contributed by atoms with E-state index in [-0.39, 0.29) is 42.0 Å². The highest BCUT2D eigenvalue weighted by Crippen LogP contribution is 2.58. The van der Waals surface area contributed by atoms with Crippen LogP contribution < -0.4 is 4.90 Å². The van der Waals surface area contributed by atoms with Gasteiger partial charge in [0.15, 0.2) is 0 Å². The van der Waals surface area contributed by atoms with Gasteiger partial charge < -0.3 is 14.9 Å². The van der Waals surface area contributed by atoms with Crippen LogP contribution in [0, 0.1) is 18.8 Å². The van der Waals surface area contributed by atoms with Crippen LogP contribution in [-0.2, 0) is 26.2 Å². The van der Waals surface area contributed by atoms with Crippen LogP contribution in [-0.4, -0.2) is 47.5 Å². The highest BCUT2D eigenvalue weighted by Gasteiger charge is 2.60. The van der Waals surface area contributed by atoms with Crippen LogP contribution >= 0.6 is 11.6 Å². The molecule has 1 amide bonds. The summed E-state index contributed by atoms with van der Waals surface area (Å²) in [5.41, 5.74) is 1.36. The van der Waals surface area contributed by atoms with Crippen molar-refractivity contribution in [3.63, 3.8) is 0 Å². The molecule has 0 heterocycles. The summed E-state index contributed by atoms with van der Waals surface area (Å²) in [6.45, 7) is 5.62. The zero-order chi connectivity index (χ0) is 30.3. The van der Waals surface area contributed by atoms with E-state index in [9.17, 15) is 33.0 Å². The third-order valence-electron chi connectivity index (χ3n) is 9.22. The Balaban J connectivity index is 1.86. The van der Waals surface area contributed by atoms with Crippen molar-refractivity contribution in [2.24, 2.45) is 11.8 Å². The first-order valence-electron chi connectivity index (χ1n) is 13.9. The number of fused-ring (bicyclic) bond motifs is 2. The molecule has 1 spiro atoms. The van der Waals surface area contributed by atoms with Crippen LogP contribution in [0.1, 0.15) is 74.3 Å². The number of carbonyl (C=O) groups excluding carboxylic acids is 2. The van der Waals surface area contributed by atoms with Gasteiger partial charge >= 0.3 is 18.1 Å². The van der Waals surface area contributed by atoms with Crippen LogP contribution in [0.5, 0.6) is 0 Å². The number of hydrogen-bond acceptors (Lipinski definition) is 5. The molecule has 4 rings (SSSR count). The van der Waals surface area contributed by atoms with Gasteiger partial charge in [0.05, 0.1) is 13.2 Å². The van der Waals surface area contributed by atoms with Crippen LogP contribution in [0.25, 0.3) is 0 Å². The van der Waals surface area contributed by atoms with Crippen molar-refractivity contribution in [1.29, 1.82) is 0 Å². The number of anilines is 1. The Morgan fingerprint density at radius 3 is 2.34 bits per heavy atom. The molecule has 1 unspecified atom stereocenters. The van der Waals surface area contributed by atoms with Crippen LogP contribution in [0.15, 0.2) is 36.4 Å². The Morgan fingerprint density at radius 1 is 1.15 bits per heavy atom. The molecule has 6 nitrogen and oxygen atoms in total. The van der Waals surface area contributed by atoms with E-state index in [4.69, 9.17) is 16.3 Å². The second kappa shape index (κ2) is 11.6. The molecule has 0 saturated heterocycles. The van der Waals surface area contributed by atoms with Crippen molar-refractivity contribution in [3.8, 4) is 0 Å². The number of ether oxygens (including phenoxy) is 1. The lowest BCUT2D eigenvalue weighted by Gasteiger charge is -2.51. The highest BCUT2D eigenvalue weighted by molar-refractivity contribution is 6.31. The molecule has 2 aromatic rings. The summed E-state index contributed by atoms with van der Waals surface area (Å²) in [4.78, 5) is 27.0. The normalized spacial score (nSPS) is 25.5. The fourth-order valence-electron chi connectivity index (χ4n) is 7.13. The Hall–Kier alpha value is -2.62. The first kappa shape index (κ1) is 31.3. The van der Waals surface area contributed by atoms with E-state index in [2.05, 4.69) is 0 Å². The molecule has 2 aliphatic rings. The molecule has 0 aromatic heterocycles. The average Bonchev–Trinajstić information content (AvgIpc) is 3.21. The second-order valence-electron chi connectivity index (χ2n) is 11.8. The molecule has 0 bridgehead atoms. The third-order valence-corrected chi connectivity index (χ3v) is 9.45. The zero-order valence-corrected chi connectivity index (χ0v) is 24.5. The van der Waals surface area contributed by atoms with Crippen LogP contribution in [0.2, 0.25) is 5.02 Å². The van der Waals surface area contributed by atoms with Crippen molar-refractivity contribution in [3.05, 3.63) is 63.7 Å². The minimum atomic E-state index is -5.25. The van der Waals surface area contributed by atoms with E-state index in [1.54, 1.807) is 6.92 Å². The number of aliphatic hydroxyl groups excluding tert-OH is 2. The summed E-state index contributed by atoms with van der Waals surface area (Å²) in [6, 6.07) is 9.43. The molecule has 2 aromatic carbocycles. The standard InChI is InChI=1S/C31H37ClF3NO5/c1-18(17-37)12-22-15-25-19(2)13-21(20(3)38)14-26(25)29(22)8-10-30(11-9-29,28(40)41-4)36(27(39)31(33,34)35)24-7-5-6-23(32)16-24/h5-7,13-14,16,18,20,22,37-38H,8-12,15,17H2,1-4H3/t18-,20-,22?,29?,30?/m1/s1. The summed E-state index contributed by atoms with van der Waals surface area (Å²) < 4.78 is 47.3. The first-order chi connectivity index (χ1) is 19.2. The Kier molecular flexibility index (Phi) is 8.84. The lowest BCUT2D eigenvalue weighted by atomic mass is 9.59. The van der Waals surface area contributed by atoms with E-state index >= 15 is 0 Å². The van der Waals surface area contributed by atoms with Crippen molar-refractivity contribution in [2.75, 3.05) is 18.6 Å². The Labute approximate surface area is 243 Å². The van der Waals surface area contributed by atoms with E-state index in [0.29, 0.717) is 24.2 Å². The molecule has 0 aliphatic heterocycles. The molecular weight excluding hydrogens is 559 g/mol. The predicted octanol–water partition coefficient (Wildman–Crippen LogP) is 6.21. The fraction of sp³-hybridized carbons (Fsp3) is 0.548. The smallest absolute Gasteiger partial charge is 0.467 e. The van der Waals surface area contributed by atoms with Gasteiger partial charge in [-0.15, -0.1) is 0 Å². The van der Waals surface area contributed by atoms with Gasteiger partial charge in [-0.1, -0.05) is 36.7 Å². The SMILES string of the molecule is COC(=O)C1(N(C(=O)C(F)(F)F)c2cccc(Cl)c2)CCC2(CC1)c1cc([C@@H](C)O)cc(C)c1CC2C[C@@H](C)CO. The maximum absolute atomic E-state index is 14.1. The number of rotatable bonds is 7. The number of esters is 1. The van der Waals surface area contributed by atoms with E-state index in [0.717, 1.165) is 35.8 Å². The number of aliphatic hydroxyl groups is 2. The third kappa shape index (κ3) is 5.60. The summed E-state index contributed by atoms with van der Waals surface area (Å²) in [5, 5.41) is 20.4. The monoisotopic (exact) mass is 595 g/mol. The Bertz CT molecular complexity index is 1300. The summed E-state index contributed by atoms with van der Waals surface area (Å²) in [5.74, 6) is -3.04. The molecule has 1 fully saturated rings. The van der Waals surface area contributed by atoms with Gasteiger partial charge in [-0.25, -0.2) is 4.79 Å². The van der Waals surface area contributed by atoms with E-state index < -0.39 is 35.1 Å². The number of aryl methyl sites for hydroxylation is 1. The van der Waals surface area contributed by atoms with Gasteiger partial charge in [0.2, 0.25) is 0 Å². The zero-order valence-electron chi connectivity index (χ0n) is 23.7. The molecule has 10 heteroatoms. The maximum atomic E-state index is 14.1. The van der Waals surface area contributed by atoms with E-state index in [1.807, 2.05) is 26.0 Å². The fourth-order valence-corrected chi connectivity index (χ4v) is 7.31. The van der Waals surface area contributed by atoms with Crippen molar-refractivity contribution < 1.29 is 37.7 Å². The van der Waals surface area contributed by atoms with Crippen LogP contribution in [0.3, 0.4) is 0 Å². The number of amides is 1. The number of carbonyl (C=O) groups is 2. The number of hydrogen-bond donors (Lipinski definition) is 2. The minimum Gasteiger partial charge on any atom is -0.467 e. The average molecular weight is 596 g/mol.